The summed E-state index contributed by atoms with van der Waals surface area (Å²) >= 11 is 0. The zero-order valence-electron chi connectivity index (χ0n) is 15.4. The molecule has 5 nitrogen and oxygen atoms in total. The molecule has 0 radical (unpaired) electrons. The van der Waals surface area contributed by atoms with Crippen molar-refractivity contribution in [2.75, 3.05) is 46.3 Å². The van der Waals surface area contributed by atoms with E-state index in [0.29, 0.717) is 38.1 Å². The summed E-state index contributed by atoms with van der Waals surface area (Å²) in [5, 5.41) is 6.48. The molecule has 1 saturated carbocycles. The van der Waals surface area contributed by atoms with Crippen molar-refractivity contribution in [3.8, 4) is 0 Å². The lowest BCUT2D eigenvalue weighted by molar-refractivity contribution is -0.143. The summed E-state index contributed by atoms with van der Waals surface area (Å²) in [6, 6.07) is 0.698. The number of nitrogens with zero attached hydrogens (tertiary/aromatic N) is 3. The smallest absolute Gasteiger partial charge is 0.357 e. The van der Waals surface area contributed by atoms with Crippen LogP contribution >= 0.6 is 0 Å². The van der Waals surface area contributed by atoms with Crippen molar-refractivity contribution >= 4 is 5.96 Å². The van der Waals surface area contributed by atoms with Crippen LogP contribution in [0.15, 0.2) is 4.99 Å². The van der Waals surface area contributed by atoms with Gasteiger partial charge in [0.05, 0.1) is 13.1 Å². The van der Waals surface area contributed by atoms with E-state index < -0.39 is 12.7 Å². The monoisotopic (exact) mass is 363 g/mol. The maximum absolute atomic E-state index is 12.5. The Morgan fingerprint density at radius 3 is 2.60 bits per heavy atom. The molecule has 2 aliphatic rings. The van der Waals surface area contributed by atoms with E-state index in [0.717, 1.165) is 13.1 Å². The summed E-state index contributed by atoms with van der Waals surface area (Å²) in [7, 11) is 2.15. The minimum absolute atomic E-state index is 0.0210. The summed E-state index contributed by atoms with van der Waals surface area (Å²) in [5.74, 6) is 0.709. The average molecular weight is 363 g/mol. The van der Waals surface area contributed by atoms with E-state index in [1.54, 1.807) is 0 Å². The highest BCUT2D eigenvalue weighted by molar-refractivity contribution is 5.80. The van der Waals surface area contributed by atoms with Gasteiger partial charge in [0.1, 0.15) is 0 Å². The van der Waals surface area contributed by atoms with Crippen LogP contribution in [-0.2, 0) is 0 Å². The van der Waals surface area contributed by atoms with Gasteiger partial charge in [0.15, 0.2) is 5.96 Å². The van der Waals surface area contributed by atoms with Gasteiger partial charge in [-0.25, -0.2) is 0 Å². The van der Waals surface area contributed by atoms with Crippen molar-refractivity contribution in [3.05, 3.63) is 0 Å². The number of rotatable bonds is 7. The molecule has 25 heavy (non-hydrogen) atoms. The largest absolute Gasteiger partial charge is 0.401 e. The van der Waals surface area contributed by atoms with Gasteiger partial charge in [0, 0.05) is 38.3 Å². The van der Waals surface area contributed by atoms with E-state index in [2.05, 4.69) is 27.6 Å². The van der Waals surface area contributed by atoms with Crippen LogP contribution in [0.2, 0.25) is 0 Å². The first kappa shape index (κ1) is 20.3. The molecule has 1 unspecified atom stereocenters. The number of likely N-dealkylation sites (tertiary alicyclic amines) is 1. The van der Waals surface area contributed by atoms with Crippen LogP contribution in [-0.4, -0.2) is 80.3 Å². The second-order valence-electron chi connectivity index (χ2n) is 7.16. The third-order valence-electron chi connectivity index (χ3n) is 5.03. The van der Waals surface area contributed by atoms with Crippen molar-refractivity contribution in [2.24, 2.45) is 4.99 Å². The van der Waals surface area contributed by atoms with Gasteiger partial charge in [-0.15, -0.1) is 0 Å². The minimum atomic E-state index is -4.13. The summed E-state index contributed by atoms with van der Waals surface area (Å²) < 4.78 is 37.5. The van der Waals surface area contributed by atoms with Crippen LogP contribution in [0, 0.1) is 0 Å². The highest BCUT2D eigenvalue weighted by Gasteiger charge is 2.34. The van der Waals surface area contributed by atoms with Crippen LogP contribution in [0.5, 0.6) is 0 Å². The van der Waals surface area contributed by atoms with Crippen molar-refractivity contribution in [2.45, 2.75) is 57.3 Å². The van der Waals surface area contributed by atoms with E-state index in [1.807, 2.05) is 6.92 Å². The van der Waals surface area contributed by atoms with E-state index in [-0.39, 0.29) is 6.04 Å². The summed E-state index contributed by atoms with van der Waals surface area (Å²) in [6.07, 6.45) is 1.77. The van der Waals surface area contributed by atoms with Gasteiger partial charge in [-0.1, -0.05) is 12.8 Å². The van der Waals surface area contributed by atoms with Gasteiger partial charge < -0.3 is 15.5 Å². The van der Waals surface area contributed by atoms with Crippen LogP contribution in [0.25, 0.3) is 0 Å². The molecule has 0 bridgehead atoms. The molecular formula is C17H32F3N5. The van der Waals surface area contributed by atoms with E-state index in [9.17, 15) is 13.2 Å². The lowest BCUT2D eigenvalue weighted by Gasteiger charge is -2.23. The van der Waals surface area contributed by atoms with E-state index in [1.165, 1.54) is 30.6 Å². The molecule has 2 fully saturated rings. The fourth-order valence-corrected chi connectivity index (χ4v) is 3.71. The molecule has 1 aliphatic carbocycles. The topological polar surface area (TPSA) is 42.9 Å². The van der Waals surface area contributed by atoms with Gasteiger partial charge in [0.25, 0.3) is 0 Å². The minimum Gasteiger partial charge on any atom is -0.357 e. The Hall–Kier alpha value is -1.02. The molecule has 0 aromatic heterocycles. The number of hydrogen-bond acceptors (Lipinski definition) is 3. The molecule has 2 N–H and O–H groups in total. The standard InChI is InChI=1S/C17H32F3N5/c1-3-21-16(22-9-11-24(2)15-6-4-5-7-15)23-14-8-10-25(12-14)13-17(18,19)20/h14-15H,3-13H2,1-2H3,(H2,21,22,23). The van der Waals surface area contributed by atoms with Crippen molar-refractivity contribution in [1.82, 2.24) is 20.4 Å². The Bertz CT molecular complexity index is 421. The molecule has 1 saturated heterocycles. The Labute approximate surface area is 149 Å². The van der Waals surface area contributed by atoms with Crippen molar-refractivity contribution < 1.29 is 13.2 Å². The first-order chi connectivity index (χ1) is 11.9. The highest BCUT2D eigenvalue weighted by atomic mass is 19.4. The SMILES string of the molecule is CCNC(=NCCN(C)C1CCCC1)NC1CCN(CC(F)(F)F)C1. The number of aliphatic imine (C=N–C) groups is 1. The Kier molecular flexibility index (Phi) is 7.81. The molecule has 1 atom stereocenters. The number of likely N-dealkylation sites (N-methyl/N-ethyl adjacent to an activating group) is 1. The second kappa shape index (κ2) is 9.62. The first-order valence-corrected chi connectivity index (χ1v) is 9.41. The van der Waals surface area contributed by atoms with Gasteiger partial charge in [-0.3, -0.25) is 9.89 Å². The summed E-state index contributed by atoms with van der Waals surface area (Å²) in [5.41, 5.74) is 0. The van der Waals surface area contributed by atoms with Crippen LogP contribution in [0.3, 0.4) is 0 Å². The lowest BCUT2D eigenvalue weighted by Crippen LogP contribution is -2.45. The Balaban J connectivity index is 1.75. The number of nitrogens with one attached hydrogen (secondary N) is 2. The van der Waals surface area contributed by atoms with Gasteiger partial charge in [-0.2, -0.15) is 13.2 Å². The molecule has 2 rings (SSSR count). The fraction of sp³-hybridized carbons (Fsp3) is 0.941. The molecule has 8 heteroatoms. The van der Waals surface area contributed by atoms with Crippen molar-refractivity contribution in [3.63, 3.8) is 0 Å². The lowest BCUT2D eigenvalue weighted by atomic mass is 10.2. The Morgan fingerprint density at radius 2 is 1.96 bits per heavy atom. The predicted molar refractivity (Wildman–Crippen MR) is 94.9 cm³/mol. The molecule has 1 heterocycles. The zero-order chi connectivity index (χ0) is 18.3. The average Bonchev–Trinajstić information content (AvgIpc) is 3.17. The van der Waals surface area contributed by atoms with Crippen LogP contribution in [0.1, 0.15) is 39.0 Å². The summed E-state index contributed by atoms with van der Waals surface area (Å²) in [4.78, 5) is 8.43. The van der Waals surface area contributed by atoms with Crippen LogP contribution < -0.4 is 10.6 Å². The predicted octanol–water partition coefficient (Wildman–Crippen LogP) is 2.05. The molecule has 1 aliphatic heterocycles. The van der Waals surface area contributed by atoms with E-state index in [4.69, 9.17) is 0 Å². The fourth-order valence-electron chi connectivity index (χ4n) is 3.71. The maximum atomic E-state index is 12.5. The number of alkyl halides is 3. The zero-order valence-corrected chi connectivity index (χ0v) is 15.4. The molecule has 0 spiro atoms. The van der Waals surface area contributed by atoms with Crippen LogP contribution in [0.4, 0.5) is 13.2 Å². The third-order valence-corrected chi connectivity index (χ3v) is 5.03. The van der Waals surface area contributed by atoms with Gasteiger partial charge in [-0.05, 0) is 33.2 Å². The summed E-state index contributed by atoms with van der Waals surface area (Å²) in [6.45, 7) is 4.39. The second-order valence-corrected chi connectivity index (χ2v) is 7.16. The number of guanidine groups is 1. The maximum Gasteiger partial charge on any atom is 0.401 e. The highest BCUT2D eigenvalue weighted by Crippen LogP contribution is 2.22. The van der Waals surface area contributed by atoms with Gasteiger partial charge >= 0.3 is 6.18 Å². The number of halogens is 3. The normalized spacial score (nSPS) is 23.6. The first-order valence-electron chi connectivity index (χ1n) is 9.41. The van der Waals surface area contributed by atoms with E-state index >= 15 is 0 Å². The number of hydrogen-bond donors (Lipinski definition) is 2. The van der Waals surface area contributed by atoms with Crippen molar-refractivity contribution in [1.29, 1.82) is 0 Å². The molecule has 0 aromatic carbocycles. The molecule has 0 aromatic rings. The molecular weight excluding hydrogens is 331 g/mol. The quantitative estimate of drug-likeness (QED) is 0.537. The van der Waals surface area contributed by atoms with Gasteiger partial charge in [0.2, 0.25) is 0 Å². The molecule has 0 amide bonds. The third kappa shape index (κ3) is 7.40. The Morgan fingerprint density at radius 1 is 1.24 bits per heavy atom. The molecule has 146 valence electrons.